The zero-order chi connectivity index (χ0) is 20.6. The molecule has 144 valence electrons. The minimum Gasteiger partial charge on any atom is -0.359 e. The van der Waals surface area contributed by atoms with E-state index in [4.69, 9.17) is 23.2 Å². The SMILES string of the molecule is N#C/C(=C/Nc1ccccc1Sc1ccccc1)C(=O)Nc1cccc(Cl)c1Cl. The van der Waals surface area contributed by atoms with Crippen LogP contribution < -0.4 is 10.6 Å². The third kappa shape index (κ3) is 5.55. The molecule has 3 aromatic carbocycles. The number of nitrogens with zero attached hydrogens (tertiary/aromatic N) is 1. The molecular weight excluding hydrogens is 425 g/mol. The lowest BCUT2D eigenvalue weighted by atomic mass is 10.2. The number of carbonyl (C=O) groups is 1. The highest BCUT2D eigenvalue weighted by Gasteiger charge is 2.13. The Hall–Kier alpha value is -2.91. The summed E-state index contributed by atoms with van der Waals surface area (Å²) in [7, 11) is 0. The van der Waals surface area contributed by atoms with Gasteiger partial charge < -0.3 is 10.6 Å². The van der Waals surface area contributed by atoms with Crippen molar-refractivity contribution in [1.82, 2.24) is 0 Å². The van der Waals surface area contributed by atoms with Crippen LogP contribution in [0.15, 0.2) is 94.4 Å². The Morgan fingerprint density at radius 2 is 1.62 bits per heavy atom. The van der Waals surface area contributed by atoms with Gasteiger partial charge in [0.1, 0.15) is 11.6 Å². The molecule has 3 aromatic rings. The molecule has 0 aromatic heterocycles. The molecule has 4 nitrogen and oxygen atoms in total. The second-order valence-electron chi connectivity index (χ2n) is 5.78. The van der Waals surface area contributed by atoms with Crippen molar-refractivity contribution >= 4 is 52.2 Å². The van der Waals surface area contributed by atoms with Crippen LogP contribution in [0.25, 0.3) is 0 Å². The molecule has 0 saturated heterocycles. The molecule has 3 rings (SSSR count). The van der Waals surface area contributed by atoms with Gasteiger partial charge in [-0.05, 0) is 36.4 Å². The minimum absolute atomic E-state index is 0.0967. The van der Waals surface area contributed by atoms with Crippen LogP contribution >= 0.6 is 35.0 Å². The maximum atomic E-state index is 12.5. The zero-order valence-electron chi connectivity index (χ0n) is 15.0. The maximum absolute atomic E-state index is 12.5. The molecule has 0 aliphatic heterocycles. The van der Waals surface area contributed by atoms with Crippen LogP contribution in [0.1, 0.15) is 0 Å². The number of carbonyl (C=O) groups excluding carboxylic acids is 1. The van der Waals surface area contributed by atoms with Gasteiger partial charge in [0, 0.05) is 16.0 Å². The van der Waals surface area contributed by atoms with Crippen LogP contribution in [0, 0.1) is 11.3 Å². The van der Waals surface area contributed by atoms with E-state index < -0.39 is 5.91 Å². The summed E-state index contributed by atoms with van der Waals surface area (Å²) in [6.07, 6.45) is 1.37. The molecule has 0 spiro atoms. The summed E-state index contributed by atoms with van der Waals surface area (Å²) < 4.78 is 0. The number of halogens is 2. The van der Waals surface area contributed by atoms with Gasteiger partial charge in [0.2, 0.25) is 0 Å². The first-order valence-electron chi connectivity index (χ1n) is 8.52. The molecule has 0 heterocycles. The van der Waals surface area contributed by atoms with Crippen LogP contribution in [-0.4, -0.2) is 5.91 Å². The van der Waals surface area contributed by atoms with Crippen LogP contribution in [-0.2, 0) is 4.79 Å². The van der Waals surface area contributed by atoms with Crippen molar-refractivity contribution in [2.45, 2.75) is 9.79 Å². The van der Waals surface area contributed by atoms with Crippen molar-refractivity contribution in [1.29, 1.82) is 5.26 Å². The smallest absolute Gasteiger partial charge is 0.267 e. The summed E-state index contributed by atoms with van der Waals surface area (Å²) in [6.45, 7) is 0. The van der Waals surface area contributed by atoms with E-state index in [0.29, 0.717) is 10.7 Å². The van der Waals surface area contributed by atoms with Crippen molar-refractivity contribution in [2.24, 2.45) is 0 Å². The topological polar surface area (TPSA) is 64.9 Å². The number of rotatable bonds is 6. The Labute approximate surface area is 183 Å². The number of nitrogens with one attached hydrogen (secondary N) is 2. The fourth-order valence-corrected chi connectivity index (χ4v) is 3.66. The van der Waals surface area contributed by atoms with Gasteiger partial charge in [0.05, 0.1) is 21.4 Å². The van der Waals surface area contributed by atoms with Crippen molar-refractivity contribution < 1.29 is 4.79 Å². The van der Waals surface area contributed by atoms with E-state index in [1.54, 1.807) is 30.0 Å². The monoisotopic (exact) mass is 439 g/mol. The van der Waals surface area contributed by atoms with Crippen LogP contribution in [0.5, 0.6) is 0 Å². The van der Waals surface area contributed by atoms with Gasteiger partial charge in [-0.1, -0.05) is 71.4 Å². The molecular formula is C22H15Cl2N3OS. The van der Waals surface area contributed by atoms with E-state index in [-0.39, 0.29) is 10.6 Å². The summed E-state index contributed by atoms with van der Waals surface area (Å²) in [5.74, 6) is -0.586. The molecule has 1 amide bonds. The lowest BCUT2D eigenvalue weighted by Crippen LogP contribution is -2.15. The predicted octanol–water partition coefficient (Wildman–Crippen LogP) is 6.60. The van der Waals surface area contributed by atoms with Gasteiger partial charge in [0.25, 0.3) is 5.91 Å². The zero-order valence-corrected chi connectivity index (χ0v) is 17.4. The molecule has 0 saturated carbocycles. The Balaban J connectivity index is 1.76. The van der Waals surface area contributed by atoms with Gasteiger partial charge in [-0.3, -0.25) is 4.79 Å². The Bertz CT molecular complexity index is 1090. The number of benzene rings is 3. The number of hydrogen-bond acceptors (Lipinski definition) is 4. The van der Waals surface area contributed by atoms with Crippen molar-refractivity contribution in [3.05, 3.63) is 94.6 Å². The highest BCUT2D eigenvalue weighted by Crippen LogP contribution is 2.33. The molecule has 0 bridgehead atoms. The summed E-state index contributed by atoms with van der Waals surface area (Å²) in [4.78, 5) is 14.5. The fourth-order valence-electron chi connectivity index (χ4n) is 2.38. The van der Waals surface area contributed by atoms with Crippen LogP contribution in [0.3, 0.4) is 0 Å². The van der Waals surface area contributed by atoms with E-state index in [9.17, 15) is 10.1 Å². The average molecular weight is 440 g/mol. The summed E-state index contributed by atoms with van der Waals surface area (Å²) in [5.41, 5.74) is 1.02. The standard InChI is InChI=1S/C22H15Cl2N3OS/c23-17-9-6-11-19(21(17)24)27-22(28)15(13-25)14-26-18-10-4-5-12-20(18)29-16-7-2-1-3-8-16/h1-12,14,26H,(H,27,28)/b15-14-. The summed E-state index contributed by atoms with van der Waals surface area (Å²) in [5, 5.41) is 15.6. The third-order valence-electron chi connectivity index (χ3n) is 3.79. The number of amides is 1. The first-order chi connectivity index (χ1) is 14.1. The Kier molecular flexibility index (Phi) is 7.20. The third-order valence-corrected chi connectivity index (χ3v) is 5.70. The molecule has 0 atom stereocenters. The molecule has 0 unspecified atom stereocenters. The number of nitriles is 1. The average Bonchev–Trinajstić information content (AvgIpc) is 2.74. The van der Waals surface area contributed by atoms with Crippen molar-refractivity contribution in [3.8, 4) is 6.07 Å². The molecule has 0 aliphatic rings. The normalized spacial score (nSPS) is 10.9. The first kappa shape index (κ1) is 20.8. The van der Waals surface area contributed by atoms with Gasteiger partial charge in [-0.15, -0.1) is 0 Å². The Morgan fingerprint density at radius 3 is 2.38 bits per heavy atom. The van der Waals surface area contributed by atoms with Gasteiger partial charge >= 0.3 is 0 Å². The number of anilines is 2. The van der Waals surface area contributed by atoms with Crippen molar-refractivity contribution in [2.75, 3.05) is 10.6 Å². The molecule has 7 heteroatoms. The van der Waals surface area contributed by atoms with Crippen LogP contribution in [0.2, 0.25) is 10.0 Å². The highest BCUT2D eigenvalue weighted by molar-refractivity contribution is 7.99. The molecule has 29 heavy (non-hydrogen) atoms. The Morgan fingerprint density at radius 1 is 0.931 bits per heavy atom. The lowest BCUT2D eigenvalue weighted by Gasteiger charge is -2.10. The predicted molar refractivity (Wildman–Crippen MR) is 119 cm³/mol. The largest absolute Gasteiger partial charge is 0.359 e. The second kappa shape index (κ2) is 10.0. The fraction of sp³-hybridized carbons (Fsp3) is 0. The first-order valence-corrected chi connectivity index (χ1v) is 10.1. The minimum atomic E-state index is -0.586. The van der Waals surface area contributed by atoms with E-state index in [0.717, 1.165) is 15.5 Å². The highest BCUT2D eigenvalue weighted by atomic mass is 35.5. The van der Waals surface area contributed by atoms with E-state index in [1.807, 2.05) is 60.7 Å². The van der Waals surface area contributed by atoms with E-state index in [1.165, 1.54) is 6.20 Å². The number of para-hydroxylation sites is 1. The molecule has 0 fully saturated rings. The molecule has 0 aliphatic carbocycles. The van der Waals surface area contributed by atoms with Gasteiger partial charge in [-0.2, -0.15) is 5.26 Å². The van der Waals surface area contributed by atoms with Crippen LogP contribution in [0.4, 0.5) is 11.4 Å². The number of hydrogen-bond donors (Lipinski definition) is 2. The van der Waals surface area contributed by atoms with E-state index in [2.05, 4.69) is 10.6 Å². The summed E-state index contributed by atoms with van der Waals surface area (Å²) >= 11 is 13.6. The summed E-state index contributed by atoms with van der Waals surface area (Å²) in [6, 6.07) is 24.4. The van der Waals surface area contributed by atoms with Gasteiger partial charge in [0.15, 0.2) is 0 Å². The second-order valence-corrected chi connectivity index (χ2v) is 7.68. The maximum Gasteiger partial charge on any atom is 0.267 e. The molecule has 2 N–H and O–H groups in total. The molecule has 0 radical (unpaired) electrons. The van der Waals surface area contributed by atoms with Gasteiger partial charge in [-0.25, -0.2) is 0 Å². The quantitative estimate of drug-likeness (QED) is 0.335. The van der Waals surface area contributed by atoms with Crippen molar-refractivity contribution in [3.63, 3.8) is 0 Å². The lowest BCUT2D eigenvalue weighted by molar-refractivity contribution is -0.112. The van der Waals surface area contributed by atoms with E-state index >= 15 is 0 Å².